The minimum absolute atomic E-state index is 0.165. The lowest BCUT2D eigenvalue weighted by Gasteiger charge is -2.37. The lowest BCUT2D eigenvalue weighted by molar-refractivity contribution is -0.0581. The van der Waals surface area contributed by atoms with Crippen molar-refractivity contribution in [3.05, 3.63) is 65.2 Å². The van der Waals surface area contributed by atoms with E-state index in [-0.39, 0.29) is 29.0 Å². The Labute approximate surface area is 211 Å². The molecule has 2 atom stereocenters. The zero-order chi connectivity index (χ0) is 25.7. The molecule has 0 aromatic heterocycles. The van der Waals surface area contributed by atoms with Crippen molar-refractivity contribution in [2.24, 2.45) is 17.8 Å². The van der Waals surface area contributed by atoms with Gasteiger partial charge in [0.2, 0.25) is 5.82 Å². The number of aryl methyl sites for hydroxylation is 1. The van der Waals surface area contributed by atoms with Crippen molar-refractivity contribution >= 4 is 0 Å². The minimum Gasteiger partial charge on any atom is -0.491 e. The van der Waals surface area contributed by atoms with Gasteiger partial charge >= 0.3 is 0 Å². The average Bonchev–Trinajstić information content (AvgIpc) is 2.89. The fourth-order valence-electron chi connectivity index (χ4n) is 5.76. The van der Waals surface area contributed by atoms with Gasteiger partial charge in [-0.15, -0.1) is 0 Å². The Bertz CT molecular complexity index is 1050. The smallest absolute Gasteiger partial charge is 0.201 e. The molecule has 1 heterocycles. The second-order valence-electron chi connectivity index (χ2n) is 10.1. The van der Waals surface area contributed by atoms with Gasteiger partial charge in [0.25, 0.3) is 0 Å². The first-order chi connectivity index (χ1) is 17.4. The summed E-state index contributed by atoms with van der Waals surface area (Å²) >= 11 is 0. The Morgan fingerprint density at radius 1 is 0.861 bits per heavy atom. The fourth-order valence-corrected chi connectivity index (χ4v) is 5.76. The molecule has 1 saturated carbocycles. The van der Waals surface area contributed by atoms with Crippen molar-refractivity contribution in [3.63, 3.8) is 0 Å². The molecule has 2 aromatic rings. The van der Waals surface area contributed by atoms with E-state index in [0.717, 1.165) is 12.8 Å². The molecule has 2 nitrogen and oxygen atoms in total. The molecule has 6 heteroatoms. The van der Waals surface area contributed by atoms with Gasteiger partial charge in [-0.25, -0.2) is 13.2 Å². The summed E-state index contributed by atoms with van der Waals surface area (Å²) in [5, 5.41) is 0. The Kier molecular flexibility index (Phi) is 9.10. The van der Waals surface area contributed by atoms with Gasteiger partial charge in [-0.3, -0.25) is 0 Å². The lowest BCUT2D eigenvalue weighted by atomic mass is 9.77. The van der Waals surface area contributed by atoms with Gasteiger partial charge in [0.15, 0.2) is 23.2 Å². The number of hydrogen-bond donors (Lipinski definition) is 0. The summed E-state index contributed by atoms with van der Waals surface area (Å²) in [6.07, 6.45) is 12.8. The molecular weight excluding hydrogens is 468 g/mol. The molecule has 2 aliphatic rings. The van der Waals surface area contributed by atoms with Crippen molar-refractivity contribution < 1.29 is 27.0 Å². The first-order valence-corrected chi connectivity index (χ1v) is 13.2. The zero-order valence-electron chi connectivity index (χ0n) is 21.2. The second kappa shape index (κ2) is 12.3. The van der Waals surface area contributed by atoms with E-state index in [1.165, 1.54) is 49.9 Å². The van der Waals surface area contributed by atoms with E-state index < -0.39 is 23.3 Å². The van der Waals surface area contributed by atoms with Crippen molar-refractivity contribution in [1.82, 2.24) is 0 Å². The fraction of sp³-hybridized carbons (Fsp3) is 0.533. The standard InChI is InChI=1S/C30H36F4O2/c1-3-5-19-6-10-21(11-7-19)25-16-9-20(18-36-25)8-12-22-13-14-23(28(32)27(22)31)24-15-17-26(35-4-2)30(34)29(24)33/h3,5,13-15,17,19-21,25H,4,6-12,16,18H2,1-2H3/b5-3+. The summed E-state index contributed by atoms with van der Waals surface area (Å²) in [7, 11) is 0. The van der Waals surface area contributed by atoms with Crippen molar-refractivity contribution in [3.8, 4) is 16.9 Å². The molecule has 1 aliphatic carbocycles. The molecule has 0 spiro atoms. The van der Waals surface area contributed by atoms with Gasteiger partial charge < -0.3 is 9.47 Å². The highest BCUT2D eigenvalue weighted by atomic mass is 19.2. The zero-order valence-corrected chi connectivity index (χ0v) is 21.2. The third kappa shape index (κ3) is 5.96. The molecule has 1 saturated heterocycles. The van der Waals surface area contributed by atoms with Gasteiger partial charge in [0.1, 0.15) is 0 Å². The minimum atomic E-state index is -1.25. The van der Waals surface area contributed by atoms with Crippen LogP contribution in [0.5, 0.6) is 5.75 Å². The topological polar surface area (TPSA) is 18.5 Å². The SMILES string of the molecule is C/C=C/C1CCC(C2CCC(CCc3ccc(-c4ccc(OCC)c(F)c4F)c(F)c3F)CO2)CC1. The van der Waals surface area contributed by atoms with Crippen molar-refractivity contribution in [2.75, 3.05) is 13.2 Å². The van der Waals surface area contributed by atoms with Crippen molar-refractivity contribution in [1.29, 1.82) is 0 Å². The van der Waals surface area contributed by atoms with E-state index in [1.54, 1.807) is 6.92 Å². The maximum Gasteiger partial charge on any atom is 0.201 e. The number of benzene rings is 2. The second-order valence-corrected chi connectivity index (χ2v) is 10.1. The predicted octanol–water partition coefficient (Wildman–Crippen LogP) is 8.42. The largest absolute Gasteiger partial charge is 0.491 e. The molecule has 36 heavy (non-hydrogen) atoms. The molecule has 4 rings (SSSR count). The molecule has 2 aromatic carbocycles. The quantitative estimate of drug-likeness (QED) is 0.265. The highest BCUT2D eigenvalue weighted by Crippen LogP contribution is 2.38. The van der Waals surface area contributed by atoms with E-state index in [4.69, 9.17) is 9.47 Å². The summed E-state index contributed by atoms with van der Waals surface area (Å²) in [5.74, 6) is -3.25. The van der Waals surface area contributed by atoms with Crippen LogP contribution in [0, 0.1) is 41.0 Å². The Balaban J connectivity index is 1.33. The predicted molar refractivity (Wildman–Crippen MR) is 134 cm³/mol. The third-order valence-corrected chi connectivity index (χ3v) is 7.83. The van der Waals surface area contributed by atoms with Crippen LogP contribution in [0.2, 0.25) is 0 Å². The number of hydrogen-bond acceptors (Lipinski definition) is 2. The van der Waals surface area contributed by atoms with Crippen LogP contribution in [0.4, 0.5) is 17.6 Å². The molecule has 1 aliphatic heterocycles. The van der Waals surface area contributed by atoms with Crippen LogP contribution in [0.15, 0.2) is 36.4 Å². The van der Waals surface area contributed by atoms with Gasteiger partial charge in [-0.2, -0.15) is 4.39 Å². The first-order valence-electron chi connectivity index (χ1n) is 13.2. The van der Waals surface area contributed by atoms with E-state index in [1.807, 2.05) is 0 Å². The number of rotatable bonds is 8. The van der Waals surface area contributed by atoms with E-state index >= 15 is 0 Å². The summed E-state index contributed by atoms with van der Waals surface area (Å²) < 4.78 is 69.8. The van der Waals surface area contributed by atoms with Crippen LogP contribution in [-0.2, 0) is 11.2 Å². The van der Waals surface area contributed by atoms with Crippen LogP contribution in [0.25, 0.3) is 11.1 Å². The summed E-state index contributed by atoms with van der Waals surface area (Å²) in [6.45, 7) is 4.54. The van der Waals surface area contributed by atoms with E-state index in [9.17, 15) is 17.6 Å². The monoisotopic (exact) mass is 504 g/mol. The summed E-state index contributed by atoms with van der Waals surface area (Å²) in [4.78, 5) is 0. The Hall–Kier alpha value is -2.34. The van der Waals surface area contributed by atoms with Gasteiger partial charge in [-0.1, -0.05) is 24.3 Å². The number of allylic oxidation sites excluding steroid dienone is 2. The molecule has 0 N–H and O–H groups in total. The van der Waals surface area contributed by atoms with Crippen molar-refractivity contribution in [2.45, 2.75) is 71.3 Å². The summed E-state index contributed by atoms with van der Waals surface area (Å²) in [6, 6.07) is 5.23. The molecular formula is C30H36F4O2. The number of ether oxygens (including phenoxy) is 2. The van der Waals surface area contributed by atoms with Crippen LogP contribution in [0.1, 0.15) is 64.4 Å². The Morgan fingerprint density at radius 2 is 1.56 bits per heavy atom. The molecule has 2 fully saturated rings. The molecule has 2 unspecified atom stereocenters. The maximum absolute atomic E-state index is 14.9. The van der Waals surface area contributed by atoms with Gasteiger partial charge in [0, 0.05) is 17.7 Å². The van der Waals surface area contributed by atoms with Crippen LogP contribution in [0.3, 0.4) is 0 Å². The highest BCUT2D eigenvalue weighted by molar-refractivity contribution is 5.66. The highest BCUT2D eigenvalue weighted by Gasteiger charge is 2.31. The van der Waals surface area contributed by atoms with E-state index in [0.29, 0.717) is 43.3 Å². The van der Waals surface area contributed by atoms with Crippen LogP contribution >= 0.6 is 0 Å². The van der Waals surface area contributed by atoms with Crippen LogP contribution < -0.4 is 4.74 Å². The van der Waals surface area contributed by atoms with Gasteiger partial charge in [0.05, 0.1) is 12.7 Å². The number of halogens is 4. The maximum atomic E-state index is 14.9. The normalized spacial score (nSPS) is 24.8. The van der Waals surface area contributed by atoms with Crippen LogP contribution in [-0.4, -0.2) is 19.3 Å². The third-order valence-electron chi connectivity index (χ3n) is 7.83. The molecule has 196 valence electrons. The average molecular weight is 505 g/mol. The van der Waals surface area contributed by atoms with E-state index in [2.05, 4.69) is 19.1 Å². The lowest BCUT2D eigenvalue weighted by Crippen LogP contribution is -2.34. The first kappa shape index (κ1) is 26.7. The molecule has 0 bridgehead atoms. The molecule has 0 amide bonds. The Morgan fingerprint density at radius 3 is 2.19 bits per heavy atom. The summed E-state index contributed by atoms with van der Waals surface area (Å²) in [5.41, 5.74) is -0.387. The molecule has 0 radical (unpaired) electrons. The van der Waals surface area contributed by atoms with Gasteiger partial charge in [-0.05, 0) is 101 Å².